The molecule has 1 aromatic heterocycles. The van der Waals surface area contributed by atoms with Gasteiger partial charge in [-0.15, -0.1) is 0 Å². The molecule has 0 spiro atoms. The van der Waals surface area contributed by atoms with E-state index in [1.165, 1.54) is 0 Å². The normalized spacial score (nSPS) is 18.8. The first-order chi connectivity index (χ1) is 28.8. The number of aromatic nitrogens is 1. The molecule has 6 unspecified atom stereocenters. The van der Waals surface area contributed by atoms with Gasteiger partial charge in [0.2, 0.25) is 23.6 Å². The average molecular weight is 859 g/mol. The minimum Gasteiger partial charge on any atom is -0.379 e. The largest absolute Gasteiger partial charge is 0.379 e. The van der Waals surface area contributed by atoms with Crippen LogP contribution in [0.4, 0.5) is 0 Å². The van der Waals surface area contributed by atoms with E-state index in [-0.39, 0.29) is 71.8 Å². The molecule has 0 bridgehead atoms. The van der Waals surface area contributed by atoms with Crippen molar-refractivity contribution < 1.29 is 38.2 Å². The minimum atomic E-state index is -0.810. The van der Waals surface area contributed by atoms with Gasteiger partial charge < -0.3 is 39.4 Å². The zero-order chi connectivity index (χ0) is 46.0. The van der Waals surface area contributed by atoms with Gasteiger partial charge in [-0.3, -0.25) is 29.1 Å². The van der Waals surface area contributed by atoms with E-state index in [0.717, 1.165) is 18.5 Å². The second-order valence-corrected chi connectivity index (χ2v) is 18.1. The van der Waals surface area contributed by atoms with Crippen LogP contribution in [0.25, 0.3) is 0 Å². The zero-order valence-corrected chi connectivity index (χ0v) is 40.1. The molecule has 0 aliphatic carbocycles. The monoisotopic (exact) mass is 859 g/mol. The van der Waals surface area contributed by atoms with Gasteiger partial charge in [-0.25, -0.2) is 0 Å². The summed E-state index contributed by atoms with van der Waals surface area (Å²) >= 11 is 0. The number of hydrogen-bond acceptors (Lipinski definition) is 10. The maximum Gasteiger partial charge on any atom is 0.245 e. The fourth-order valence-electron chi connectivity index (χ4n) is 8.66. The zero-order valence-electron chi connectivity index (χ0n) is 40.1. The van der Waals surface area contributed by atoms with Gasteiger partial charge in [-0.2, -0.15) is 0 Å². The van der Waals surface area contributed by atoms with Crippen molar-refractivity contribution in [3.8, 4) is 0 Å². The minimum absolute atomic E-state index is 0.0150. The van der Waals surface area contributed by atoms with Crippen molar-refractivity contribution in [3.63, 3.8) is 0 Å². The van der Waals surface area contributed by atoms with Crippen LogP contribution in [0, 0.1) is 23.7 Å². The number of Topliss-reactive ketones (excluding diaryl/α,β-unsaturated/α-hetero) is 1. The number of carbonyl (C=O) groups excluding carboxylic acids is 5. The maximum absolute atomic E-state index is 14.6. The number of methoxy groups -OCH3 is 2. The van der Waals surface area contributed by atoms with E-state index in [1.54, 1.807) is 39.3 Å². The molecule has 14 heteroatoms. The molecule has 2 rings (SSSR count). The van der Waals surface area contributed by atoms with Crippen LogP contribution in [-0.4, -0.2) is 146 Å². The molecular weight excluding hydrogens is 777 g/mol. The van der Waals surface area contributed by atoms with Crippen LogP contribution in [0.2, 0.25) is 0 Å². The summed E-state index contributed by atoms with van der Waals surface area (Å²) in [6.07, 6.45) is 5.31. The predicted molar refractivity (Wildman–Crippen MR) is 240 cm³/mol. The Morgan fingerprint density at radius 2 is 1.62 bits per heavy atom. The number of pyridine rings is 1. The Kier molecular flexibility index (Phi) is 23.7. The number of ketones is 1. The van der Waals surface area contributed by atoms with E-state index >= 15 is 0 Å². The molecule has 2 N–H and O–H groups in total. The number of hydrogen-bond donors (Lipinski definition) is 2. The van der Waals surface area contributed by atoms with Crippen molar-refractivity contribution in [2.24, 2.45) is 23.7 Å². The fraction of sp³-hybridized carbons (Fsp3) is 0.787. The smallest absolute Gasteiger partial charge is 0.245 e. The van der Waals surface area contributed by atoms with E-state index in [2.05, 4.69) is 41.3 Å². The van der Waals surface area contributed by atoms with Crippen LogP contribution in [0.5, 0.6) is 0 Å². The first kappa shape index (κ1) is 53.7. The molecule has 0 saturated carbocycles. The third-order valence-electron chi connectivity index (χ3n) is 12.8. The third kappa shape index (κ3) is 16.3. The highest BCUT2D eigenvalue weighted by Crippen LogP contribution is 2.30. The number of likely N-dealkylation sites (tertiary alicyclic amines) is 1. The highest BCUT2D eigenvalue weighted by atomic mass is 16.5. The van der Waals surface area contributed by atoms with Crippen LogP contribution >= 0.6 is 0 Å². The summed E-state index contributed by atoms with van der Waals surface area (Å²) in [5, 5.41) is 6.15. The molecule has 1 saturated heterocycles. The number of likely N-dealkylation sites (N-methyl/N-ethyl adjacent to an activating group) is 2. The van der Waals surface area contributed by atoms with Crippen molar-refractivity contribution in [3.05, 3.63) is 30.1 Å². The number of nitrogens with zero attached hydrogens (tertiary/aromatic N) is 4. The first-order valence-corrected chi connectivity index (χ1v) is 22.7. The maximum atomic E-state index is 14.6. The Morgan fingerprint density at radius 1 is 0.934 bits per heavy atom. The molecule has 1 fully saturated rings. The second kappa shape index (κ2) is 26.9. The molecule has 61 heavy (non-hydrogen) atoms. The Labute approximate surface area is 368 Å². The molecule has 1 aromatic rings. The Morgan fingerprint density at radius 3 is 2.18 bits per heavy atom. The molecule has 4 amide bonds. The predicted octanol–water partition coefficient (Wildman–Crippen LogP) is 5.31. The lowest BCUT2D eigenvalue weighted by molar-refractivity contribution is -0.148. The van der Waals surface area contributed by atoms with E-state index < -0.39 is 36.3 Å². The van der Waals surface area contributed by atoms with E-state index in [4.69, 9.17) is 14.2 Å². The summed E-state index contributed by atoms with van der Waals surface area (Å²) in [5.74, 6) is -1.36. The van der Waals surface area contributed by atoms with E-state index in [0.29, 0.717) is 51.8 Å². The first-order valence-electron chi connectivity index (χ1n) is 22.7. The van der Waals surface area contributed by atoms with Gasteiger partial charge in [0.05, 0.1) is 48.8 Å². The van der Waals surface area contributed by atoms with Gasteiger partial charge in [-0.05, 0) is 83.4 Å². The van der Waals surface area contributed by atoms with Gasteiger partial charge in [-0.1, -0.05) is 61.0 Å². The van der Waals surface area contributed by atoms with Crippen molar-refractivity contribution >= 4 is 29.4 Å². The molecule has 10 atom stereocenters. The molecular formula is C47H82N6O8. The topological polar surface area (TPSA) is 160 Å². The van der Waals surface area contributed by atoms with Crippen molar-refractivity contribution in [2.45, 2.75) is 169 Å². The quantitative estimate of drug-likeness (QED) is 0.113. The standard InChI is InChI=1S/C47H82N6O8/c1-15-32(6)43(39(59-13)29-40(55)53-27-18-20-38(53)44(60-14)36(10)45(56)49-26-23-37-19-16-17-25-48-37)52(12)47(58)41(30(2)3)50-46(57)42(31(4)5)51(11)33(7)24-28-61-35(9)22-21-34(8)54/h16-17,19,25,30-33,35-36,38-39,41-44H,15,18,20-24,26-29H2,1-14H3,(H,49,56)(H,50,57)/t32-,33?,35?,36+,38?,39?,41-,42?,43-,44?/m0/s1. The Balaban J connectivity index is 2.19. The number of carbonyl (C=O) groups is 5. The number of ether oxygens (including phenoxy) is 3. The molecule has 1 aliphatic rings. The molecule has 348 valence electrons. The van der Waals surface area contributed by atoms with Crippen LogP contribution in [0.3, 0.4) is 0 Å². The van der Waals surface area contributed by atoms with Crippen LogP contribution < -0.4 is 10.6 Å². The van der Waals surface area contributed by atoms with E-state index in [1.807, 2.05) is 71.7 Å². The second-order valence-electron chi connectivity index (χ2n) is 18.1. The molecule has 1 aliphatic heterocycles. The molecule has 0 aromatic carbocycles. The summed E-state index contributed by atoms with van der Waals surface area (Å²) in [5.41, 5.74) is 0.895. The summed E-state index contributed by atoms with van der Waals surface area (Å²) in [6.45, 7) is 20.9. The van der Waals surface area contributed by atoms with Gasteiger partial charge in [0.1, 0.15) is 11.8 Å². The van der Waals surface area contributed by atoms with Gasteiger partial charge in [0, 0.05) is 71.7 Å². The SMILES string of the molecule is CC[C@H](C)[C@@H](C(CC(=O)N1CCCC1C(OC)[C@@H](C)C(=O)NCCc1ccccn1)OC)N(C)C(=O)[C@@H](NC(=O)C(C(C)C)N(C)C(C)CCOC(C)CCC(C)=O)C(C)C. The van der Waals surface area contributed by atoms with Crippen molar-refractivity contribution in [1.82, 2.24) is 30.3 Å². The van der Waals surface area contributed by atoms with Gasteiger partial charge >= 0.3 is 0 Å². The fourth-order valence-corrected chi connectivity index (χ4v) is 8.66. The highest BCUT2D eigenvalue weighted by Gasteiger charge is 2.43. The van der Waals surface area contributed by atoms with Crippen molar-refractivity contribution in [2.75, 3.05) is 48.0 Å². The van der Waals surface area contributed by atoms with E-state index in [9.17, 15) is 24.0 Å². The van der Waals surface area contributed by atoms with Crippen LogP contribution in [0.1, 0.15) is 120 Å². The molecule has 14 nitrogen and oxygen atoms in total. The molecule has 2 heterocycles. The summed E-state index contributed by atoms with van der Waals surface area (Å²) in [7, 11) is 6.85. The Hall–Kier alpha value is -3.46. The number of amides is 4. The van der Waals surface area contributed by atoms with Crippen LogP contribution in [-0.2, 0) is 44.6 Å². The number of rotatable bonds is 28. The van der Waals surface area contributed by atoms with Gasteiger partial charge in [0.15, 0.2) is 0 Å². The average Bonchev–Trinajstić information content (AvgIpc) is 3.71. The molecule has 0 radical (unpaired) electrons. The summed E-state index contributed by atoms with van der Waals surface area (Å²) in [4.78, 5) is 77.6. The van der Waals surface area contributed by atoms with Crippen molar-refractivity contribution in [1.29, 1.82) is 0 Å². The lowest BCUT2D eigenvalue weighted by Gasteiger charge is -2.41. The summed E-state index contributed by atoms with van der Waals surface area (Å²) in [6, 6.07) is 3.65. The third-order valence-corrected chi connectivity index (χ3v) is 12.8. The van der Waals surface area contributed by atoms with Gasteiger partial charge in [0.25, 0.3) is 0 Å². The highest BCUT2D eigenvalue weighted by molar-refractivity contribution is 5.90. The Bertz CT molecular complexity index is 1500. The van der Waals surface area contributed by atoms with Crippen LogP contribution in [0.15, 0.2) is 24.4 Å². The number of nitrogens with one attached hydrogen (secondary N) is 2. The lowest BCUT2D eigenvalue weighted by atomic mass is 9.89. The summed E-state index contributed by atoms with van der Waals surface area (Å²) < 4.78 is 18.0. The lowest BCUT2D eigenvalue weighted by Crippen LogP contribution is -2.60.